The predicted octanol–water partition coefficient (Wildman–Crippen LogP) is 2.72. The topological polar surface area (TPSA) is 151 Å². The first kappa shape index (κ1) is 24.9. The van der Waals surface area contributed by atoms with E-state index in [1.165, 1.54) is 31.4 Å². The van der Waals surface area contributed by atoms with Gasteiger partial charge in [0.1, 0.15) is 17.2 Å². The van der Waals surface area contributed by atoms with Crippen LogP contribution in [0.1, 0.15) is 23.2 Å². The van der Waals surface area contributed by atoms with Gasteiger partial charge in [0.05, 0.1) is 23.3 Å². The number of hydrogen-bond acceptors (Lipinski definition) is 8. The molecule has 1 fully saturated rings. The van der Waals surface area contributed by atoms with Crippen LogP contribution >= 0.6 is 0 Å². The van der Waals surface area contributed by atoms with Crippen molar-refractivity contribution in [2.45, 2.75) is 12.8 Å². The fourth-order valence-electron chi connectivity index (χ4n) is 3.70. The minimum Gasteiger partial charge on any atom is -0.365 e. The molecule has 0 spiro atoms. The summed E-state index contributed by atoms with van der Waals surface area (Å²) in [5, 5.41) is 5.70. The van der Waals surface area contributed by atoms with Crippen LogP contribution in [0.5, 0.6) is 0 Å². The number of para-hydroxylation sites is 2. The van der Waals surface area contributed by atoms with Crippen LogP contribution in [0.3, 0.4) is 0 Å². The normalized spacial score (nSPS) is 13.5. The molecule has 13 heteroatoms. The monoisotopic (exact) mass is 513 g/mol. The summed E-state index contributed by atoms with van der Waals surface area (Å²) >= 11 is 0. The van der Waals surface area contributed by atoms with E-state index >= 15 is 0 Å². The molecule has 188 valence electrons. The maximum atomic E-state index is 14.6. The summed E-state index contributed by atoms with van der Waals surface area (Å²) in [6, 6.07) is 10.7. The third-order valence-electron chi connectivity index (χ3n) is 5.63. The Kier molecular flexibility index (Phi) is 6.75. The van der Waals surface area contributed by atoms with Gasteiger partial charge in [-0.05, 0) is 36.8 Å². The van der Waals surface area contributed by atoms with Crippen molar-refractivity contribution in [3.63, 3.8) is 0 Å². The SMILES string of the molecule is CN(c1ccccc1Nc1nc(Nc2cc(N3CCCC3=O)ccc2F)ncc1C(N)=O)S(C)(=O)=O. The van der Waals surface area contributed by atoms with E-state index in [4.69, 9.17) is 5.73 Å². The van der Waals surface area contributed by atoms with E-state index in [1.54, 1.807) is 29.2 Å². The number of halogens is 1. The Hall–Kier alpha value is -4.26. The second-order valence-corrected chi connectivity index (χ2v) is 10.1. The van der Waals surface area contributed by atoms with Gasteiger partial charge in [-0.1, -0.05) is 12.1 Å². The van der Waals surface area contributed by atoms with Crippen molar-refractivity contribution >= 4 is 56.4 Å². The van der Waals surface area contributed by atoms with Gasteiger partial charge in [0, 0.05) is 31.9 Å². The number of anilines is 6. The van der Waals surface area contributed by atoms with Crippen LogP contribution < -0.4 is 25.6 Å². The van der Waals surface area contributed by atoms with Crippen molar-refractivity contribution < 1.29 is 22.4 Å². The number of benzene rings is 2. The van der Waals surface area contributed by atoms with Crippen molar-refractivity contribution in [3.8, 4) is 0 Å². The van der Waals surface area contributed by atoms with Crippen LogP contribution in [0.15, 0.2) is 48.7 Å². The van der Waals surface area contributed by atoms with Gasteiger partial charge in [0.15, 0.2) is 0 Å². The van der Waals surface area contributed by atoms with Crippen molar-refractivity contribution in [1.29, 1.82) is 0 Å². The first-order chi connectivity index (χ1) is 17.0. The van der Waals surface area contributed by atoms with Gasteiger partial charge in [-0.3, -0.25) is 13.9 Å². The molecule has 0 saturated carbocycles. The highest BCUT2D eigenvalue weighted by Crippen LogP contribution is 2.31. The fourth-order valence-corrected chi connectivity index (χ4v) is 4.21. The van der Waals surface area contributed by atoms with Crippen molar-refractivity contribution in [2.75, 3.05) is 39.7 Å². The molecule has 0 atom stereocenters. The Balaban J connectivity index is 1.68. The molecule has 11 nitrogen and oxygen atoms in total. The Morgan fingerprint density at radius 1 is 1.17 bits per heavy atom. The summed E-state index contributed by atoms with van der Waals surface area (Å²) in [7, 11) is -2.19. The van der Waals surface area contributed by atoms with Gasteiger partial charge >= 0.3 is 0 Å². The van der Waals surface area contributed by atoms with E-state index in [2.05, 4.69) is 20.6 Å². The average Bonchev–Trinajstić information content (AvgIpc) is 3.25. The predicted molar refractivity (Wildman–Crippen MR) is 135 cm³/mol. The van der Waals surface area contributed by atoms with E-state index < -0.39 is 21.7 Å². The maximum absolute atomic E-state index is 14.6. The molecule has 1 aliphatic heterocycles. The maximum Gasteiger partial charge on any atom is 0.254 e. The zero-order valence-electron chi connectivity index (χ0n) is 19.5. The Labute approximate surface area is 207 Å². The molecule has 0 aliphatic carbocycles. The lowest BCUT2D eigenvalue weighted by Crippen LogP contribution is -2.25. The Morgan fingerprint density at radius 3 is 2.58 bits per heavy atom. The fraction of sp³-hybridized carbons (Fsp3) is 0.217. The van der Waals surface area contributed by atoms with E-state index in [1.807, 2.05) is 0 Å². The quantitative estimate of drug-likeness (QED) is 0.416. The highest BCUT2D eigenvalue weighted by atomic mass is 32.2. The van der Waals surface area contributed by atoms with Gasteiger partial charge in [0.2, 0.25) is 21.9 Å². The summed E-state index contributed by atoms with van der Waals surface area (Å²) in [6.07, 6.45) is 3.39. The summed E-state index contributed by atoms with van der Waals surface area (Å²) in [5.41, 5.74) is 6.62. The average molecular weight is 514 g/mol. The standard InChI is InChI=1S/C23H24FN7O4S/c1-30(36(2,34)35)19-7-4-3-6-17(19)27-22-15(21(25)33)13-26-23(29-22)28-18-12-14(9-10-16(18)24)31-11-5-8-20(31)32/h3-4,6-7,9-10,12-13H,5,8,11H2,1-2H3,(H2,25,33)(H2,26,27,28,29). The molecule has 2 heterocycles. The molecule has 0 bridgehead atoms. The number of aromatic nitrogens is 2. The van der Waals surface area contributed by atoms with Gasteiger partial charge in [-0.2, -0.15) is 4.98 Å². The van der Waals surface area contributed by atoms with E-state index in [9.17, 15) is 22.4 Å². The first-order valence-corrected chi connectivity index (χ1v) is 12.7. The lowest BCUT2D eigenvalue weighted by molar-refractivity contribution is -0.117. The van der Waals surface area contributed by atoms with E-state index in [0.717, 1.165) is 17.0 Å². The number of amides is 2. The van der Waals surface area contributed by atoms with Crippen molar-refractivity contribution in [3.05, 3.63) is 60.0 Å². The summed E-state index contributed by atoms with van der Waals surface area (Å²) in [4.78, 5) is 34.0. The molecule has 1 aromatic heterocycles. The molecule has 1 aliphatic rings. The number of sulfonamides is 1. The van der Waals surface area contributed by atoms with Crippen LogP contribution in [0.4, 0.5) is 38.9 Å². The lowest BCUT2D eigenvalue weighted by atomic mass is 10.2. The number of rotatable bonds is 8. The molecular weight excluding hydrogens is 489 g/mol. The zero-order chi connectivity index (χ0) is 26.0. The summed E-state index contributed by atoms with van der Waals surface area (Å²) in [6.45, 7) is 0.545. The Bertz CT molecular complexity index is 1450. The van der Waals surface area contributed by atoms with E-state index in [-0.39, 0.29) is 28.9 Å². The second kappa shape index (κ2) is 9.77. The third kappa shape index (κ3) is 5.20. The van der Waals surface area contributed by atoms with Crippen molar-refractivity contribution in [2.24, 2.45) is 5.73 Å². The van der Waals surface area contributed by atoms with Crippen LogP contribution in [0, 0.1) is 5.82 Å². The highest BCUT2D eigenvalue weighted by molar-refractivity contribution is 7.92. The molecule has 3 aromatic rings. The molecule has 0 radical (unpaired) electrons. The minimum absolute atomic E-state index is 0.0133. The minimum atomic E-state index is -3.58. The highest BCUT2D eigenvalue weighted by Gasteiger charge is 2.23. The zero-order valence-corrected chi connectivity index (χ0v) is 20.3. The van der Waals surface area contributed by atoms with E-state index in [0.29, 0.717) is 30.0 Å². The number of carbonyl (C=O) groups excluding carboxylic acids is 2. The van der Waals surface area contributed by atoms with Crippen LogP contribution in [-0.2, 0) is 14.8 Å². The molecule has 36 heavy (non-hydrogen) atoms. The smallest absolute Gasteiger partial charge is 0.254 e. The van der Waals surface area contributed by atoms with Crippen LogP contribution in [-0.4, -0.2) is 50.0 Å². The largest absolute Gasteiger partial charge is 0.365 e. The first-order valence-electron chi connectivity index (χ1n) is 10.9. The molecule has 4 rings (SSSR count). The number of nitrogens with two attached hydrogens (primary N) is 1. The molecular formula is C23H24FN7O4S. The molecule has 0 unspecified atom stereocenters. The summed E-state index contributed by atoms with van der Waals surface area (Å²) in [5.74, 6) is -1.53. The Morgan fingerprint density at radius 2 is 1.92 bits per heavy atom. The second-order valence-electron chi connectivity index (χ2n) is 8.13. The third-order valence-corrected chi connectivity index (χ3v) is 6.82. The van der Waals surface area contributed by atoms with Gasteiger partial charge in [0.25, 0.3) is 5.91 Å². The van der Waals surface area contributed by atoms with Crippen LogP contribution in [0.25, 0.3) is 0 Å². The molecule has 4 N–H and O–H groups in total. The van der Waals surface area contributed by atoms with Gasteiger partial charge in [-0.15, -0.1) is 0 Å². The van der Waals surface area contributed by atoms with Crippen LogP contribution in [0.2, 0.25) is 0 Å². The van der Waals surface area contributed by atoms with Gasteiger partial charge in [-0.25, -0.2) is 17.8 Å². The molecule has 2 aromatic carbocycles. The van der Waals surface area contributed by atoms with Gasteiger partial charge < -0.3 is 21.3 Å². The lowest BCUT2D eigenvalue weighted by Gasteiger charge is -2.21. The molecule has 1 saturated heterocycles. The number of nitrogens with zero attached hydrogens (tertiary/aromatic N) is 4. The number of nitrogens with one attached hydrogen (secondary N) is 2. The van der Waals surface area contributed by atoms with Crippen molar-refractivity contribution in [1.82, 2.24) is 9.97 Å². The molecule has 2 amide bonds. The number of hydrogen-bond donors (Lipinski definition) is 3. The number of primary amides is 1. The number of carbonyl (C=O) groups is 2. The summed E-state index contributed by atoms with van der Waals surface area (Å²) < 4.78 is 39.8.